The molecule has 0 spiro atoms. The van der Waals surface area contributed by atoms with Crippen LogP contribution < -0.4 is 15.3 Å². The second kappa shape index (κ2) is 18.2. The first-order chi connectivity index (χ1) is 12.1. The molecule has 0 bridgehead atoms. The average Bonchev–Trinajstić information content (AvgIpc) is 2.46. The molecule has 0 rings (SSSR count). The van der Waals surface area contributed by atoms with E-state index in [9.17, 15) is 58.5 Å². The molecule has 0 aliphatic heterocycles. The first-order valence-electron chi connectivity index (χ1n) is 6.82. The fourth-order valence-corrected chi connectivity index (χ4v) is 0.895. The molecule has 0 saturated heterocycles. The summed E-state index contributed by atoms with van der Waals surface area (Å²) in [6.07, 6.45) is -1.70. The number of ketones is 6. The van der Waals surface area contributed by atoms with Crippen molar-refractivity contribution < 1.29 is 99.3 Å². The van der Waals surface area contributed by atoms with Crippen LogP contribution in [0, 0.1) is 40.8 Å². The fraction of sp³-hybridized carbons (Fsp3) is 0.400. The van der Waals surface area contributed by atoms with Crippen LogP contribution in [0.5, 0.6) is 0 Å². The van der Waals surface area contributed by atoms with Gasteiger partial charge in [-0.05, 0) is 20.8 Å². The van der Waals surface area contributed by atoms with Gasteiger partial charge >= 0.3 is 40.8 Å². The summed E-state index contributed by atoms with van der Waals surface area (Å²) >= 11 is 0. The van der Waals surface area contributed by atoms with Crippen molar-refractivity contribution in [3.05, 3.63) is 0 Å². The van der Waals surface area contributed by atoms with Gasteiger partial charge in [0.15, 0.2) is 17.3 Å². The molecule has 151 valence electrons. The third-order valence-corrected chi connectivity index (χ3v) is 1.91. The molecule has 1 radical (unpaired) electrons. The molecular formula is C15H15NdO12. The molecule has 0 aromatic heterocycles. The van der Waals surface area contributed by atoms with E-state index in [2.05, 4.69) is 0 Å². The van der Waals surface area contributed by atoms with Crippen molar-refractivity contribution in [3.8, 4) is 0 Å². The molecule has 0 heterocycles. The van der Waals surface area contributed by atoms with E-state index in [0.717, 1.165) is 20.8 Å². The quantitative estimate of drug-likeness (QED) is 0.201. The van der Waals surface area contributed by atoms with Gasteiger partial charge in [0.2, 0.25) is 0 Å². The first-order valence-corrected chi connectivity index (χ1v) is 6.82. The summed E-state index contributed by atoms with van der Waals surface area (Å²) in [5.74, 6) is -10.3. The molecule has 0 unspecified atom stereocenters. The number of hydrogen-bond donors (Lipinski definition) is 0. The SMILES string of the molecule is CC(=O)CC(=O)C(=O)[O-].CC(=O)CC(=O)C(=O)[O-].CC(=O)CC(=O)C(=O)[O-].[Nd+3]. The Kier molecular flexibility index (Phi) is 21.6. The Bertz CT molecular complexity index is 572. The van der Waals surface area contributed by atoms with Crippen LogP contribution in [0.15, 0.2) is 0 Å². The van der Waals surface area contributed by atoms with Gasteiger partial charge < -0.3 is 29.7 Å². The third kappa shape index (κ3) is 26.0. The monoisotopic (exact) mass is 529 g/mol. The summed E-state index contributed by atoms with van der Waals surface area (Å²) in [4.78, 5) is 89.2. The van der Waals surface area contributed by atoms with Crippen LogP contribution in [0.3, 0.4) is 0 Å². The molecule has 0 fully saturated rings. The molecule has 0 aromatic carbocycles. The zero-order chi connectivity index (χ0) is 22.3. The summed E-state index contributed by atoms with van der Waals surface area (Å²) in [6.45, 7) is 3.42. The molecule has 0 atom stereocenters. The predicted molar refractivity (Wildman–Crippen MR) is 75.9 cm³/mol. The van der Waals surface area contributed by atoms with Crippen molar-refractivity contribution in [2.24, 2.45) is 0 Å². The van der Waals surface area contributed by atoms with E-state index in [0.29, 0.717) is 0 Å². The molecule has 0 amide bonds. The van der Waals surface area contributed by atoms with Gasteiger partial charge in [-0.15, -0.1) is 0 Å². The molecule has 0 aliphatic rings. The molecule has 13 heteroatoms. The second-order valence-electron chi connectivity index (χ2n) is 4.77. The van der Waals surface area contributed by atoms with Gasteiger partial charge in [-0.2, -0.15) is 0 Å². The van der Waals surface area contributed by atoms with E-state index < -0.39 is 71.9 Å². The topological polar surface area (TPSA) is 223 Å². The normalized spacial score (nSPS) is 8.25. The van der Waals surface area contributed by atoms with E-state index >= 15 is 0 Å². The van der Waals surface area contributed by atoms with Gasteiger partial charge in [0.1, 0.15) is 35.3 Å². The van der Waals surface area contributed by atoms with Crippen molar-refractivity contribution in [1.82, 2.24) is 0 Å². The van der Waals surface area contributed by atoms with Crippen molar-refractivity contribution >= 4 is 52.6 Å². The predicted octanol–water partition coefficient (Wildman–Crippen LogP) is -5.15. The second-order valence-corrected chi connectivity index (χ2v) is 4.77. The Morgan fingerprint density at radius 1 is 0.464 bits per heavy atom. The number of rotatable bonds is 9. The first kappa shape index (κ1) is 33.4. The Hall–Kier alpha value is -2.22. The third-order valence-electron chi connectivity index (χ3n) is 1.91. The van der Waals surface area contributed by atoms with Crippen molar-refractivity contribution in [1.29, 1.82) is 0 Å². The van der Waals surface area contributed by atoms with Crippen LogP contribution in [-0.2, 0) is 43.2 Å². The maximum Gasteiger partial charge on any atom is 3.00 e. The molecular weight excluding hydrogens is 516 g/mol. The van der Waals surface area contributed by atoms with Crippen molar-refractivity contribution in [2.75, 3.05) is 0 Å². The molecule has 12 nitrogen and oxygen atoms in total. The average molecular weight is 532 g/mol. The van der Waals surface area contributed by atoms with E-state index in [-0.39, 0.29) is 40.8 Å². The van der Waals surface area contributed by atoms with Gasteiger partial charge in [0.25, 0.3) is 0 Å². The van der Waals surface area contributed by atoms with Crippen molar-refractivity contribution in [2.45, 2.75) is 40.0 Å². The number of Topliss-reactive ketones (excluding diaryl/α,β-unsaturated/α-hetero) is 6. The van der Waals surface area contributed by atoms with Crippen LogP contribution in [0.1, 0.15) is 40.0 Å². The zero-order valence-corrected chi connectivity index (χ0v) is 18.2. The summed E-state index contributed by atoms with van der Waals surface area (Å²) in [5.41, 5.74) is 0. The van der Waals surface area contributed by atoms with E-state index in [1.54, 1.807) is 0 Å². The molecule has 0 aliphatic carbocycles. The summed E-state index contributed by atoms with van der Waals surface area (Å²) in [5, 5.41) is 28.9. The Balaban J connectivity index is -0.000000152. The standard InChI is InChI=1S/3C5H6O4.Nd/c3*1-3(6)2-4(7)5(8)9;/h3*2H2,1H3,(H,8,9);/q;;;+3/p-3. The van der Waals surface area contributed by atoms with Gasteiger partial charge in [-0.3, -0.25) is 28.8 Å². The van der Waals surface area contributed by atoms with E-state index in [1.165, 1.54) is 0 Å². The Labute approximate surface area is 191 Å². The minimum Gasteiger partial charge on any atom is -0.542 e. The Morgan fingerprint density at radius 3 is 0.643 bits per heavy atom. The number of hydrogen-bond acceptors (Lipinski definition) is 12. The van der Waals surface area contributed by atoms with E-state index in [4.69, 9.17) is 0 Å². The van der Waals surface area contributed by atoms with Gasteiger partial charge in [0, 0.05) is 0 Å². The molecule has 28 heavy (non-hydrogen) atoms. The molecule has 0 N–H and O–H groups in total. The minimum atomic E-state index is -1.80. The number of carboxylic acid groups (broad SMARTS) is 3. The van der Waals surface area contributed by atoms with Crippen LogP contribution in [-0.4, -0.2) is 52.6 Å². The number of carbonyl (C=O) groups is 9. The smallest absolute Gasteiger partial charge is 0.542 e. The van der Waals surface area contributed by atoms with Gasteiger partial charge in [-0.1, -0.05) is 0 Å². The van der Waals surface area contributed by atoms with Crippen LogP contribution in [0.4, 0.5) is 0 Å². The van der Waals surface area contributed by atoms with E-state index in [1.807, 2.05) is 0 Å². The summed E-state index contributed by atoms with van der Waals surface area (Å²) in [7, 11) is 0. The van der Waals surface area contributed by atoms with Crippen LogP contribution >= 0.6 is 0 Å². The minimum absolute atomic E-state index is 0. The maximum atomic E-state index is 10.1. The Morgan fingerprint density at radius 2 is 0.607 bits per heavy atom. The maximum absolute atomic E-state index is 10.1. The summed E-state index contributed by atoms with van der Waals surface area (Å²) in [6, 6.07) is 0. The fourth-order valence-electron chi connectivity index (χ4n) is 0.895. The van der Waals surface area contributed by atoms with Crippen LogP contribution in [0.2, 0.25) is 0 Å². The number of aliphatic carboxylic acids is 3. The zero-order valence-electron chi connectivity index (χ0n) is 15.0. The number of carboxylic acids is 3. The summed E-state index contributed by atoms with van der Waals surface area (Å²) < 4.78 is 0. The van der Waals surface area contributed by atoms with Gasteiger partial charge in [0.05, 0.1) is 19.3 Å². The molecule has 0 aromatic rings. The van der Waals surface area contributed by atoms with Gasteiger partial charge in [-0.25, -0.2) is 0 Å². The number of carbonyl (C=O) groups excluding carboxylic acids is 9. The molecule has 0 saturated carbocycles. The van der Waals surface area contributed by atoms with Crippen LogP contribution in [0.25, 0.3) is 0 Å². The largest absolute Gasteiger partial charge is 3.00 e. The van der Waals surface area contributed by atoms with Crippen molar-refractivity contribution in [3.63, 3.8) is 0 Å².